The lowest BCUT2D eigenvalue weighted by molar-refractivity contribution is -0.110. The number of rotatable bonds is 5. The average molecular weight is 493 g/mol. The van der Waals surface area contributed by atoms with E-state index >= 15 is 0 Å². The Morgan fingerprint density at radius 2 is 1.81 bits per heavy atom. The van der Waals surface area contributed by atoms with E-state index in [9.17, 15) is 4.79 Å². The van der Waals surface area contributed by atoms with Gasteiger partial charge in [-0.1, -0.05) is 12.1 Å². The summed E-state index contributed by atoms with van der Waals surface area (Å²) >= 11 is 0. The summed E-state index contributed by atoms with van der Waals surface area (Å²) in [5, 5.41) is 11.5. The van der Waals surface area contributed by atoms with Gasteiger partial charge in [0.05, 0.1) is 18.3 Å². The minimum atomic E-state index is -0.121. The fraction of sp³-hybridized carbons (Fsp3) is 0.207. The summed E-state index contributed by atoms with van der Waals surface area (Å²) in [6.07, 6.45) is 7.82. The number of H-pyrrole nitrogens is 1. The second-order valence-electron chi connectivity index (χ2n) is 9.41. The van der Waals surface area contributed by atoms with E-state index < -0.39 is 0 Å². The van der Waals surface area contributed by atoms with Crippen LogP contribution in [0.3, 0.4) is 0 Å². The number of hydrogen-bond donors (Lipinski definition) is 2. The highest BCUT2D eigenvalue weighted by atomic mass is 16.5. The zero-order valence-electron chi connectivity index (χ0n) is 20.9. The number of benzene rings is 2. The van der Waals surface area contributed by atoms with Gasteiger partial charge in [-0.3, -0.25) is 9.89 Å². The number of methoxy groups -OCH3 is 1. The number of anilines is 2. The van der Waals surface area contributed by atoms with Gasteiger partial charge < -0.3 is 19.9 Å². The van der Waals surface area contributed by atoms with Crippen molar-refractivity contribution in [1.29, 1.82) is 0 Å². The van der Waals surface area contributed by atoms with Crippen LogP contribution in [-0.4, -0.2) is 66.3 Å². The van der Waals surface area contributed by atoms with Gasteiger partial charge in [-0.25, -0.2) is 4.98 Å². The van der Waals surface area contributed by atoms with Gasteiger partial charge in [0, 0.05) is 54.6 Å². The van der Waals surface area contributed by atoms with Crippen LogP contribution in [0.5, 0.6) is 5.75 Å². The van der Waals surface area contributed by atoms with Gasteiger partial charge in [0.2, 0.25) is 0 Å². The molecule has 0 unspecified atom stereocenters. The fourth-order valence-corrected chi connectivity index (χ4v) is 4.77. The van der Waals surface area contributed by atoms with Crippen LogP contribution in [0, 0.1) is 0 Å². The zero-order chi connectivity index (χ0) is 25.4. The Labute approximate surface area is 215 Å². The number of ether oxygens (including phenoxy) is 1. The Bertz CT molecular complexity index is 1530. The highest BCUT2D eigenvalue weighted by molar-refractivity contribution is 6.35. The molecule has 0 radical (unpaired) electrons. The van der Waals surface area contributed by atoms with Gasteiger partial charge in [-0.05, 0) is 72.8 Å². The number of fused-ring (bicyclic) bond motifs is 2. The highest BCUT2D eigenvalue weighted by Gasteiger charge is 2.24. The van der Waals surface area contributed by atoms with Crippen molar-refractivity contribution in [2.75, 3.05) is 50.6 Å². The van der Waals surface area contributed by atoms with Crippen molar-refractivity contribution in [3.8, 4) is 5.75 Å². The largest absolute Gasteiger partial charge is 0.497 e. The molecule has 6 rings (SSSR count). The number of aromatic amines is 1. The molecule has 0 bridgehead atoms. The van der Waals surface area contributed by atoms with Crippen molar-refractivity contribution < 1.29 is 9.53 Å². The first-order chi connectivity index (χ1) is 18.1. The summed E-state index contributed by atoms with van der Waals surface area (Å²) in [4.78, 5) is 21.9. The smallest absolute Gasteiger partial charge is 0.256 e. The van der Waals surface area contributed by atoms with Gasteiger partial charge in [0.15, 0.2) is 0 Å². The number of pyridine rings is 1. The molecule has 0 aliphatic carbocycles. The molecule has 8 heteroatoms. The number of carbonyl (C=O) groups is 1. The van der Waals surface area contributed by atoms with Crippen molar-refractivity contribution in [3.05, 3.63) is 77.1 Å². The lowest BCUT2D eigenvalue weighted by Gasteiger charge is -2.33. The van der Waals surface area contributed by atoms with E-state index in [4.69, 9.17) is 4.74 Å². The number of aromatic nitrogens is 3. The third-order valence-corrected chi connectivity index (χ3v) is 6.97. The molecule has 2 N–H and O–H groups in total. The molecule has 0 atom stereocenters. The molecule has 8 nitrogen and oxygen atoms in total. The average Bonchev–Trinajstić information content (AvgIpc) is 3.47. The zero-order valence-corrected chi connectivity index (χ0v) is 20.9. The predicted molar refractivity (Wildman–Crippen MR) is 148 cm³/mol. The summed E-state index contributed by atoms with van der Waals surface area (Å²) in [6, 6.07) is 15.8. The Kier molecular flexibility index (Phi) is 5.94. The summed E-state index contributed by atoms with van der Waals surface area (Å²) in [7, 11) is 3.77. The number of amides is 1. The van der Waals surface area contributed by atoms with E-state index in [0.29, 0.717) is 11.3 Å². The van der Waals surface area contributed by atoms with Gasteiger partial charge in [0.1, 0.15) is 11.6 Å². The number of hydrogen-bond acceptors (Lipinski definition) is 6. The Morgan fingerprint density at radius 3 is 2.59 bits per heavy atom. The van der Waals surface area contributed by atoms with Crippen molar-refractivity contribution in [3.63, 3.8) is 0 Å². The lowest BCUT2D eigenvalue weighted by atomic mass is 10.0. The van der Waals surface area contributed by atoms with Crippen LogP contribution >= 0.6 is 0 Å². The molecular formula is C29H28N6O2. The molecule has 2 aromatic carbocycles. The molecule has 0 spiro atoms. The number of likely N-dealkylation sites (N-methyl/N-ethyl adjacent to an activating group) is 1. The third-order valence-electron chi connectivity index (χ3n) is 6.97. The minimum absolute atomic E-state index is 0.121. The molecule has 2 aliphatic heterocycles. The summed E-state index contributed by atoms with van der Waals surface area (Å²) < 4.78 is 5.33. The molecule has 186 valence electrons. The molecule has 4 heterocycles. The van der Waals surface area contributed by atoms with Crippen LogP contribution < -0.4 is 15.0 Å². The first-order valence-corrected chi connectivity index (χ1v) is 12.3. The lowest BCUT2D eigenvalue weighted by Crippen LogP contribution is -2.44. The third kappa shape index (κ3) is 4.59. The number of nitrogens with one attached hydrogen (secondary N) is 2. The fourth-order valence-electron chi connectivity index (χ4n) is 4.77. The number of carbonyl (C=O) groups excluding carboxylic acids is 1. The maximum Gasteiger partial charge on any atom is 0.256 e. The Morgan fingerprint density at radius 1 is 0.973 bits per heavy atom. The molecule has 37 heavy (non-hydrogen) atoms. The van der Waals surface area contributed by atoms with Crippen LogP contribution in [-0.2, 0) is 4.79 Å². The van der Waals surface area contributed by atoms with Crippen molar-refractivity contribution in [2.24, 2.45) is 0 Å². The molecule has 1 saturated heterocycles. The first-order valence-electron chi connectivity index (χ1n) is 12.3. The van der Waals surface area contributed by atoms with Gasteiger partial charge in [0.25, 0.3) is 5.91 Å². The molecule has 0 saturated carbocycles. The second-order valence-corrected chi connectivity index (χ2v) is 9.41. The van der Waals surface area contributed by atoms with E-state index in [1.807, 2.05) is 60.8 Å². The van der Waals surface area contributed by atoms with Crippen molar-refractivity contribution in [1.82, 2.24) is 20.1 Å². The maximum atomic E-state index is 12.6. The van der Waals surface area contributed by atoms with Crippen LogP contribution in [0.2, 0.25) is 0 Å². The number of piperazine rings is 1. The Hall–Kier alpha value is -4.43. The second kappa shape index (κ2) is 9.55. The quantitative estimate of drug-likeness (QED) is 0.402. The molecule has 2 aliphatic rings. The topological polar surface area (TPSA) is 86.4 Å². The van der Waals surface area contributed by atoms with E-state index in [-0.39, 0.29) is 5.91 Å². The SMILES string of the molecule is COc1ccc2c(c1)C(=Cc1ccc3c(C=Cc4ccc(N5CCN(C)CC5)nc4)n[nH]c3c1)C(=O)N2. The first kappa shape index (κ1) is 23.0. The van der Waals surface area contributed by atoms with E-state index in [2.05, 4.69) is 49.5 Å². The Balaban J connectivity index is 1.21. The predicted octanol–water partition coefficient (Wildman–Crippen LogP) is 4.38. The van der Waals surface area contributed by atoms with Crippen LogP contribution in [0.25, 0.3) is 34.7 Å². The van der Waals surface area contributed by atoms with Crippen LogP contribution in [0.1, 0.15) is 22.4 Å². The van der Waals surface area contributed by atoms with Crippen LogP contribution in [0.4, 0.5) is 11.5 Å². The molecule has 4 aromatic rings. The standard InChI is InChI=1S/C29H28N6O2/c1-34-11-13-35(14-12-34)28-10-5-19(18-30-28)4-8-26-22-7-3-20(16-27(22)33-32-26)15-24-23-17-21(37-2)6-9-25(23)31-29(24)36/h3-10,15-18H,11-14H2,1-2H3,(H,31,36)(H,32,33). The van der Waals surface area contributed by atoms with Gasteiger partial charge >= 0.3 is 0 Å². The molecule has 1 amide bonds. The monoisotopic (exact) mass is 492 g/mol. The minimum Gasteiger partial charge on any atom is -0.497 e. The van der Waals surface area contributed by atoms with Gasteiger partial charge in [-0.15, -0.1) is 0 Å². The summed E-state index contributed by atoms with van der Waals surface area (Å²) in [6.45, 7) is 4.12. The van der Waals surface area contributed by atoms with Gasteiger partial charge in [-0.2, -0.15) is 5.10 Å². The number of nitrogens with zero attached hydrogens (tertiary/aromatic N) is 4. The summed E-state index contributed by atoms with van der Waals surface area (Å²) in [5.41, 5.74) is 5.93. The normalized spacial score (nSPS) is 17.1. The highest BCUT2D eigenvalue weighted by Crippen LogP contribution is 2.36. The summed E-state index contributed by atoms with van der Waals surface area (Å²) in [5.74, 6) is 1.61. The van der Waals surface area contributed by atoms with E-state index in [1.165, 1.54) is 0 Å². The van der Waals surface area contributed by atoms with E-state index in [0.717, 1.165) is 71.0 Å². The molecular weight excluding hydrogens is 464 g/mol. The maximum absolute atomic E-state index is 12.6. The van der Waals surface area contributed by atoms with Crippen LogP contribution in [0.15, 0.2) is 54.7 Å². The van der Waals surface area contributed by atoms with E-state index in [1.54, 1.807) is 7.11 Å². The molecule has 2 aromatic heterocycles. The molecule has 1 fully saturated rings. The van der Waals surface area contributed by atoms with Crippen molar-refractivity contribution in [2.45, 2.75) is 0 Å². The van der Waals surface area contributed by atoms with Crippen molar-refractivity contribution >= 4 is 52.1 Å².